The second-order valence-corrected chi connectivity index (χ2v) is 8.11. The topological polar surface area (TPSA) is 100 Å². The van der Waals surface area contributed by atoms with Crippen LogP contribution in [0.5, 0.6) is 0 Å². The van der Waals surface area contributed by atoms with E-state index in [0.29, 0.717) is 31.2 Å². The molecule has 0 aromatic heterocycles. The van der Waals surface area contributed by atoms with E-state index >= 15 is 0 Å². The number of carbonyl (C=O) groups excluding carboxylic acids is 2. The van der Waals surface area contributed by atoms with Crippen molar-refractivity contribution < 1.29 is 22.9 Å². The number of likely N-dealkylation sites (N-methyl/N-ethyl adjacent to an activating group) is 1. The molecule has 25 heavy (non-hydrogen) atoms. The van der Waals surface area contributed by atoms with Crippen LogP contribution >= 0.6 is 11.6 Å². The number of nitrogens with one attached hydrogen (secondary N) is 3. The summed E-state index contributed by atoms with van der Waals surface area (Å²) in [6.45, 7) is 1.85. The second-order valence-electron chi connectivity index (χ2n) is 5.74. The first-order valence-electron chi connectivity index (χ1n) is 7.89. The van der Waals surface area contributed by atoms with Gasteiger partial charge in [-0.15, -0.1) is 0 Å². The molecular formula is C15H22ClN4O4S+. The molecule has 2 rings (SSSR count). The summed E-state index contributed by atoms with van der Waals surface area (Å²) in [7, 11) is -2.08. The van der Waals surface area contributed by atoms with Gasteiger partial charge in [-0.2, -0.15) is 4.31 Å². The van der Waals surface area contributed by atoms with Gasteiger partial charge in [-0.05, 0) is 18.2 Å². The monoisotopic (exact) mass is 389 g/mol. The number of nitrogens with zero attached hydrogens (tertiary/aromatic N) is 1. The highest BCUT2D eigenvalue weighted by molar-refractivity contribution is 7.89. The highest BCUT2D eigenvalue weighted by Crippen LogP contribution is 2.19. The molecule has 0 unspecified atom stereocenters. The molecule has 0 bridgehead atoms. The smallest absolute Gasteiger partial charge is 0.275 e. The molecule has 1 saturated heterocycles. The van der Waals surface area contributed by atoms with Crippen LogP contribution in [0.4, 0.5) is 0 Å². The maximum absolute atomic E-state index is 12.6. The van der Waals surface area contributed by atoms with Gasteiger partial charge in [0.05, 0.1) is 37.6 Å². The molecule has 8 nitrogen and oxygen atoms in total. The third-order valence-electron chi connectivity index (χ3n) is 4.00. The highest BCUT2D eigenvalue weighted by atomic mass is 35.5. The molecule has 2 amide bonds. The summed E-state index contributed by atoms with van der Waals surface area (Å²) in [5, 5.41) is 5.33. The lowest BCUT2D eigenvalue weighted by atomic mass is 10.3. The number of carbonyl (C=O) groups is 2. The van der Waals surface area contributed by atoms with E-state index in [1.54, 1.807) is 12.1 Å². The van der Waals surface area contributed by atoms with Crippen LogP contribution in [-0.4, -0.2) is 70.9 Å². The third-order valence-corrected chi connectivity index (χ3v) is 6.13. The fraction of sp³-hybridized carbons (Fsp3) is 0.467. The first-order chi connectivity index (χ1) is 11.8. The SMILES string of the molecule is CNC(=O)CNC(=O)C[NH+]1CCN(S(=O)(=O)c2cccc(Cl)c2)CC1. The van der Waals surface area contributed by atoms with Gasteiger partial charge in [0.1, 0.15) is 0 Å². The van der Waals surface area contributed by atoms with Crippen molar-refractivity contribution in [2.75, 3.05) is 46.3 Å². The van der Waals surface area contributed by atoms with Gasteiger partial charge < -0.3 is 15.5 Å². The number of halogens is 1. The van der Waals surface area contributed by atoms with E-state index in [0.717, 1.165) is 4.90 Å². The van der Waals surface area contributed by atoms with Crippen molar-refractivity contribution in [2.45, 2.75) is 4.90 Å². The zero-order chi connectivity index (χ0) is 18.4. The lowest BCUT2D eigenvalue weighted by Gasteiger charge is -2.31. The van der Waals surface area contributed by atoms with Crippen LogP contribution in [-0.2, 0) is 19.6 Å². The fourth-order valence-corrected chi connectivity index (χ4v) is 4.30. The number of piperazine rings is 1. The van der Waals surface area contributed by atoms with Crippen LogP contribution in [0.15, 0.2) is 29.2 Å². The summed E-state index contributed by atoms with van der Waals surface area (Å²) in [4.78, 5) is 24.1. The Bertz CT molecular complexity index is 733. The number of hydrogen-bond donors (Lipinski definition) is 3. The fourth-order valence-electron chi connectivity index (χ4n) is 2.55. The molecular weight excluding hydrogens is 368 g/mol. The van der Waals surface area contributed by atoms with Gasteiger partial charge in [0.15, 0.2) is 6.54 Å². The zero-order valence-electron chi connectivity index (χ0n) is 13.9. The van der Waals surface area contributed by atoms with Crippen LogP contribution in [0.3, 0.4) is 0 Å². The molecule has 0 radical (unpaired) electrons. The van der Waals surface area contributed by atoms with Crippen molar-refractivity contribution in [1.82, 2.24) is 14.9 Å². The lowest BCUT2D eigenvalue weighted by molar-refractivity contribution is -0.895. The molecule has 0 spiro atoms. The number of sulfonamides is 1. The van der Waals surface area contributed by atoms with Crippen molar-refractivity contribution in [3.05, 3.63) is 29.3 Å². The quantitative estimate of drug-likeness (QED) is 0.528. The number of hydrogen-bond acceptors (Lipinski definition) is 4. The van der Waals surface area contributed by atoms with E-state index in [-0.39, 0.29) is 29.8 Å². The average Bonchev–Trinajstić information content (AvgIpc) is 2.60. The standard InChI is InChI=1S/C15H21ClN4O4S/c1-17-14(21)10-18-15(22)11-19-5-7-20(8-6-19)25(23,24)13-4-2-3-12(16)9-13/h2-4,9H,5-8,10-11H2,1H3,(H,17,21)(H,18,22)/p+1. The molecule has 10 heteroatoms. The highest BCUT2D eigenvalue weighted by Gasteiger charge is 2.31. The van der Waals surface area contributed by atoms with Crippen molar-refractivity contribution in [3.8, 4) is 0 Å². The minimum absolute atomic E-state index is 0.0577. The molecule has 0 atom stereocenters. The summed E-state index contributed by atoms with van der Waals surface area (Å²) in [5.74, 6) is -0.495. The largest absolute Gasteiger partial charge is 0.358 e. The van der Waals surface area contributed by atoms with Crippen LogP contribution in [0.25, 0.3) is 0 Å². The first-order valence-corrected chi connectivity index (χ1v) is 9.71. The van der Waals surface area contributed by atoms with Gasteiger partial charge in [-0.3, -0.25) is 9.59 Å². The Morgan fingerprint density at radius 3 is 2.52 bits per heavy atom. The Morgan fingerprint density at radius 2 is 1.92 bits per heavy atom. The van der Waals surface area contributed by atoms with Gasteiger partial charge in [0.25, 0.3) is 5.91 Å². The molecule has 1 aliphatic heterocycles. The average molecular weight is 390 g/mol. The number of rotatable bonds is 6. The van der Waals surface area contributed by atoms with Crippen LogP contribution in [0.2, 0.25) is 5.02 Å². The lowest BCUT2D eigenvalue weighted by Crippen LogP contribution is -3.15. The maximum Gasteiger partial charge on any atom is 0.275 e. The van der Waals surface area contributed by atoms with Crippen molar-refractivity contribution in [1.29, 1.82) is 0 Å². The zero-order valence-corrected chi connectivity index (χ0v) is 15.5. The number of quaternary nitrogens is 1. The van der Waals surface area contributed by atoms with Gasteiger partial charge >= 0.3 is 0 Å². The molecule has 1 aromatic carbocycles. The summed E-state index contributed by atoms with van der Waals surface area (Å²) in [6.07, 6.45) is 0. The van der Waals surface area contributed by atoms with Gasteiger partial charge in [-0.25, -0.2) is 8.42 Å². The Hall–Kier alpha value is -1.68. The normalized spacial score (nSPS) is 16.4. The van der Waals surface area contributed by atoms with Crippen LogP contribution in [0.1, 0.15) is 0 Å². The Balaban J connectivity index is 1.87. The molecule has 1 heterocycles. The number of benzene rings is 1. The van der Waals surface area contributed by atoms with E-state index < -0.39 is 10.0 Å². The Kier molecular flexibility index (Phi) is 6.77. The molecule has 3 N–H and O–H groups in total. The van der Waals surface area contributed by atoms with Crippen LogP contribution < -0.4 is 15.5 Å². The van der Waals surface area contributed by atoms with Crippen molar-refractivity contribution in [2.24, 2.45) is 0 Å². The Labute approximate surface area is 152 Å². The van der Waals surface area contributed by atoms with E-state index in [4.69, 9.17) is 11.6 Å². The van der Waals surface area contributed by atoms with Gasteiger partial charge in [0, 0.05) is 12.1 Å². The predicted molar refractivity (Wildman–Crippen MR) is 92.9 cm³/mol. The van der Waals surface area contributed by atoms with Gasteiger partial charge in [-0.1, -0.05) is 17.7 Å². The third kappa shape index (κ3) is 5.40. The molecule has 1 fully saturated rings. The van der Waals surface area contributed by atoms with Crippen molar-refractivity contribution in [3.63, 3.8) is 0 Å². The molecule has 0 saturated carbocycles. The minimum atomic E-state index is -3.58. The summed E-state index contributed by atoms with van der Waals surface area (Å²) in [5.41, 5.74) is 0. The summed E-state index contributed by atoms with van der Waals surface area (Å²) in [6, 6.07) is 6.18. The van der Waals surface area contributed by atoms with E-state index in [1.807, 2.05) is 0 Å². The van der Waals surface area contributed by atoms with Crippen LogP contribution in [0, 0.1) is 0 Å². The first kappa shape index (κ1) is 19.6. The molecule has 0 aliphatic carbocycles. The van der Waals surface area contributed by atoms with E-state index in [9.17, 15) is 18.0 Å². The molecule has 1 aliphatic rings. The van der Waals surface area contributed by atoms with Gasteiger partial charge in [0.2, 0.25) is 15.9 Å². The molecule has 1 aromatic rings. The summed E-state index contributed by atoms with van der Waals surface area (Å²) >= 11 is 5.87. The predicted octanol–water partition coefficient (Wildman–Crippen LogP) is -1.91. The maximum atomic E-state index is 12.6. The minimum Gasteiger partial charge on any atom is -0.358 e. The molecule has 138 valence electrons. The summed E-state index contributed by atoms with van der Waals surface area (Å²) < 4.78 is 26.6. The van der Waals surface area contributed by atoms with E-state index in [1.165, 1.54) is 23.5 Å². The number of amides is 2. The van der Waals surface area contributed by atoms with Crippen molar-refractivity contribution >= 4 is 33.4 Å². The Morgan fingerprint density at radius 1 is 1.24 bits per heavy atom. The van der Waals surface area contributed by atoms with E-state index in [2.05, 4.69) is 10.6 Å². The second kappa shape index (κ2) is 8.61.